The molecule has 10 nitrogen and oxygen atoms in total. The zero-order valence-corrected chi connectivity index (χ0v) is 12.4. The molecule has 5 N–H and O–H groups in total. The van der Waals surface area contributed by atoms with E-state index in [4.69, 9.17) is 9.84 Å². The predicted molar refractivity (Wildman–Crippen MR) is 76.2 cm³/mol. The molecule has 0 radical (unpaired) electrons. The van der Waals surface area contributed by atoms with Gasteiger partial charge in [0.1, 0.15) is 24.4 Å². The molecule has 8 unspecified atom stereocenters. The lowest BCUT2D eigenvalue weighted by Crippen LogP contribution is -2.46. The molecule has 2 bridgehead atoms. The molecule has 0 aliphatic carbocycles. The van der Waals surface area contributed by atoms with Gasteiger partial charge in [-0.05, 0) is 0 Å². The molecule has 2 fully saturated rings. The van der Waals surface area contributed by atoms with Crippen LogP contribution in [0.2, 0.25) is 0 Å². The number of rotatable bonds is 6. The van der Waals surface area contributed by atoms with Gasteiger partial charge in [-0.25, -0.2) is 0 Å². The maximum atomic E-state index is 12.3. The molecule has 2 amide bonds. The summed E-state index contributed by atoms with van der Waals surface area (Å²) in [6.45, 7) is -0.815. The van der Waals surface area contributed by atoms with Crippen molar-refractivity contribution in [1.29, 1.82) is 0 Å². The van der Waals surface area contributed by atoms with E-state index in [-0.39, 0.29) is 0 Å². The van der Waals surface area contributed by atoms with Gasteiger partial charge < -0.3 is 30.3 Å². The van der Waals surface area contributed by atoms with Crippen LogP contribution in [-0.2, 0) is 14.3 Å². The number of fused-ring (bicyclic) bond motifs is 5. The standard InChI is InChI=1S/C14H18N2O8/c17-4-6(19)12(21)11(20)5(18)3-15-16-13(22)9-7-1-2-8(24-7)10(9)14(16)23/h1-3,5-12,17-21H,4H2/b15-3-. The molecule has 0 spiro atoms. The second kappa shape index (κ2) is 6.31. The predicted octanol–water partition coefficient (Wildman–Crippen LogP) is -3.65. The molecular formula is C14H18N2O8. The molecule has 3 aliphatic heterocycles. The van der Waals surface area contributed by atoms with Crippen LogP contribution in [0.4, 0.5) is 0 Å². The van der Waals surface area contributed by atoms with Crippen molar-refractivity contribution in [3.05, 3.63) is 12.2 Å². The number of aliphatic hydroxyl groups is 5. The molecule has 24 heavy (non-hydrogen) atoms. The quantitative estimate of drug-likeness (QED) is 0.188. The molecule has 0 aromatic carbocycles. The summed E-state index contributed by atoms with van der Waals surface area (Å²) in [5.74, 6) is -2.41. The number of hydrazone groups is 1. The van der Waals surface area contributed by atoms with E-state index in [1.807, 2.05) is 0 Å². The van der Waals surface area contributed by atoms with Crippen LogP contribution in [0, 0.1) is 11.8 Å². The largest absolute Gasteiger partial charge is 0.394 e. The number of aliphatic hydroxyl groups excluding tert-OH is 5. The highest BCUT2D eigenvalue weighted by Crippen LogP contribution is 2.45. The van der Waals surface area contributed by atoms with Gasteiger partial charge in [0.25, 0.3) is 11.8 Å². The number of carbonyl (C=O) groups excluding carboxylic acids is 2. The van der Waals surface area contributed by atoms with Gasteiger partial charge in [0.05, 0.1) is 36.9 Å². The third-order valence-corrected chi connectivity index (χ3v) is 4.50. The van der Waals surface area contributed by atoms with Gasteiger partial charge in [-0.3, -0.25) is 9.59 Å². The first-order chi connectivity index (χ1) is 11.4. The first-order valence-corrected chi connectivity index (χ1v) is 7.45. The number of hydrogen-bond donors (Lipinski definition) is 5. The van der Waals surface area contributed by atoms with Gasteiger partial charge in [-0.1, -0.05) is 12.2 Å². The van der Waals surface area contributed by atoms with Crippen LogP contribution < -0.4 is 0 Å². The fourth-order valence-electron chi connectivity index (χ4n) is 3.16. The van der Waals surface area contributed by atoms with Gasteiger partial charge in [-0.15, -0.1) is 0 Å². The van der Waals surface area contributed by atoms with E-state index >= 15 is 0 Å². The van der Waals surface area contributed by atoms with Crippen LogP contribution in [0.1, 0.15) is 0 Å². The Morgan fingerprint density at radius 3 is 2.12 bits per heavy atom. The third-order valence-electron chi connectivity index (χ3n) is 4.50. The van der Waals surface area contributed by atoms with Gasteiger partial charge in [0.2, 0.25) is 0 Å². The Balaban J connectivity index is 1.67. The summed E-state index contributed by atoms with van der Waals surface area (Å²) >= 11 is 0. The fraction of sp³-hybridized carbons (Fsp3) is 0.643. The molecule has 0 saturated carbocycles. The minimum atomic E-state index is -1.86. The third kappa shape index (κ3) is 2.57. The summed E-state index contributed by atoms with van der Waals surface area (Å²) in [6.07, 6.45) is -3.86. The Labute approximate surface area is 136 Å². The zero-order chi connectivity index (χ0) is 17.6. The highest BCUT2D eigenvalue weighted by molar-refractivity contribution is 6.06. The van der Waals surface area contributed by atoms with Gasteiger partial charge in [0.15, 0.2) is 0 Å². The van der Waals surface area contributed by atoms with Crippen molar-refractivity contribution in [2.45, 2.75) is 36.6 Å². The second-order valence-corrected chi connectivity index (χ2v) is 5.98. The number of carbonyl (C=O) groups is 2. The van der Waals surface area contributed by atoms with Crippen LogP contribution in [0.5, 0.6) is 0 Å². The van der Waals surface area contributed by atoms with Crippen molar-refractivity contribution in [3.63, 3.8) is 0 Å². The van der Waals surface area contributed by atoms with Crippen molar-refractivity contribution in [2.75, 3.05) is 6.61 Å². The number of hydrogen-bond acceptors (Lipinski definition) is 9. The molecule has 0 aromatic rings. The Kier molecular flexibility index (Phi) is 4.51. The summed E-state index contributed by atoms with van der Waals surface area (Å²) in [4.78, 5) is 24.5. The lowest BCUT2D eigenvalue weighted by Gasteiger charge is -2.23. The minimum Gasteiger partial charge on any atom is -0.394 e. The number of imide groups is 1. The van der Waals surface area contributed by atoms with Crippen molar-refractivity contribution < 1.29 is 39.9 Å². The lowest BCUT2D eigenvalue weighted by molar-refractivity contribution is -0.142. The summed E-state index contributed by atoms with van der Waals surface area (Å²) in [5, 5.41) is 51.1. The number of nitrogens with zero attached hydrogens (tertiary/aromatic N) is 2. The smallest absolute Gasteiger partial charge is 0.256 e. The fourth-order valence-corrected chi connectivity index (χ4v) is 3.16. The van der Waals surface area contributed by atoms with E-state index in [1.165, 1.54) is 0 Å². The normalized spacial score (nSPS) is 36.5. The molecule has 3 rings (SSSR count). The number of amides is 2. The zero-order valence-electron chi connectivity index (χ0n) is 12.4. The molecule has 3 aliphatic rings. The average molecular weight is 342 g/mol. The molecule has 0 aromatic heterocycles. The van der Waals surface area contributed by atoms with Gasteiger partial charge in [0, 0.05) is 0 Å². The highest BCUT2D eigenvalue weighted by atomic mass is 16.5. The highest BCUT2D eigenvalue weighted by Gasteiger charge is 2.61. The average Bonchev–Trinajstić information content (AvgIpc) is 3.25. The topological polar surface area (TPSA) is 160 Å². The van der Waals surface area contributed by atoms with Crippen LogP contribution >= 0.6 is 0 Å². The maximum Gasteiger partial charge on any atom is 0.256 e. The molecule has 10 heteroatoms. The Hall–Kier alpha value is -1.69. The van der Waals surface area contributed by atoms with Crippen molar-refractivity contribution >= 4 is 18.0 Å². The molecule has 132 valence electrons. The van der Waals surface area contributed by atoms with Crippen LogP contribution in [-0.4, -0.2) is 91.8 Å². The maximum absolute atomic E-state index is 12.3. The Morgan fingerprint density at radius 2 is 1.62 bits per heavy atom. The van der Waals surface area contributed by atoms with Crippen LogP contribution in [0.25, 0.3) is 0 Å². The van der Waals surface area contributed by atoms with E-state index in [1.54, 1.807) is 12.2 Å². The molecule has 8 atom stereocenters. The van der Waals surface area contributed by atoms with E-state index in [0.717, 1.165) is 6.21 Å². The van der Waals surface area contributed by atoms with Crippen LogP contribution in [0.15, 0.2) is 17.3 Å². The van der Waals surface area contributed by atoms with E-state index in [0.29, 0.717) is 5.01 Å². The monoisotopic (exact) mass is 342 g/mol. The number of ether oxygens (including phenoxy) is 1. The second-order valence-electron chi connectivity index (χ2n) is 5.98. The lowest BCUT2D eigenvalue weighted by atomic mass is 9.85. The van der Waals surface area contributed by atoms with E-state index < -0.39 is 66.9 Å². The SMILES string of the molecule is O=C1C2C3C=CC(O3)C2C(=O)N1/N=C\C(O)C(O)C(O)C(O)CO. The summed E-state index contributed by atoms with van der Waals surface area (Å²) in [7, 11) is 0. The summed E-state index contributed by atoms with van der Waals surface area (Å²) in [6, 6.07) is 0. The summed E-state index contributed by atoms with van der Waals surface area (Å²) < 4.78 is 5.46. The van der Waals surface area contributed by atoms with Gasteiger partial charge >= 0.3 is 0 Å². The minimum absolute atomic E-state index is 0.464. The Morgan fingerprint density at radius 1 is 1.08 bits per heavy atom. The summed E-state index contributed by atoms with van der Waals surface area (Å²) in [5.41, 5.74) is 0. The molecular weight excluding hydrogens is 324 g/mol. The van der Waals surface area contributed by atoms with Crippen LogP contribution in [0.3, 0.4) is 0 Å². The van der Waals surface area contributed by atoms with Gasteiger partial charge in [-0.2, -0.15) is 10.1 Å². The van der Waals surface area contributed by atoms with Crippen molar-refractivity contribution in [1.82, 2.24) is 5.01 Å². The first-order valence-electron chi connectivity index (χ1n) is 7.45. The van der Waals surface area contributed by atoms with E-state index in [2.05, 4.69) is 5.10 Å². The first kappa shape index (κ1) is 17.1. The Bertz CT molecular complexity index is 563. The molecule has 2 saturated heterocycles. The van der Waals surface area contributed by atoms with E-state index in [9.17, 15) is 30.0 Å². The van der Waals surface area contributed by atoms with Crippen molar-refractivity contribution in [3.8, 4) is 0 Å². The van der Waals surface area contributed by atoms with Crippen molar-refractivity contribution in [2.24, 2.45) is 16.9 Å². The molecule has 3 heterocycles.